The van der Waals surface area contributed by atoms with Crippen molar-refractivity contribution >= 4 is 16.6 Å². The SMILES string of the molecule is Cc1cccc2c(N)ncc(C(C)(C)C)c12. The van der Waals surface area contributed by atoms with Crippen LogP contribution < -0.4 is 5.73 Å². The Morgan fingerprint density at radius 2 is 1.88 bits per heavy atom. The first-order valence-electron chi connectivity index (χ1n) is 5.55. The van der Waals surface area contributed by atoms with E-state index in [4.69, 9.17) is 5.73 Å². The van der Waals surface area contributed by atoms with Crippen LogP contribution in [0.3, 0.4) is 0 Å². The minimum absolute atomic E-state index is 0.0884. The van der Waals surface area contributed by atoms with Crippen LogP contribution in [-0.2, 0) is 5.41 Å². The van der Waals surface area contributed by atoms with Crippen molar-refractivity contribution in [3.63, 3.8) is 0 Å². The molecule has 16 heavy (non-hydrogen) atoms. The fourth-order valence-corrected chi connectivity index (χ4v) is 2.08. The first-order chi connectivity index (χ1) is 7.41. The second-order valence-corrected chi connectivity index (χ2v) is 5.30. The number of aromatic nitrogens is 1. The van der Waals surface area contributed by atoms with Gasteiger partial charge in [0.25, 0.3) is 0 Å². The number of rotatable bonds is 0. The smallest absolute Gasteiger partial charge is 0.131 e. The molecule has 1 aromatic heterocycles. The van der Waals surface area contributed by atoms with Gasteiger partial charge in [0, 0.05) is 11.6 Å². The van der Waals surface area contributed by atoms with Crippen LogP contribution in [0.5, 0.6) is 0 Å². The fourth-order valence-electron chi connectivity index (χ4n) is 2.08. The van der Waals surface area contributed by atoms with Gasteiger partial charge >= 0.3 is 0 Å². The van der Waals surface area contributed by atoms with E-state index >= 15 is 0 Å². The normalized spacial score (nSPS) is 12.0. The Kier molecular flexibility index (Phi) is 2.38. The molecule has 2 rings (SSSR count). The summed E-state index contributed by atoms with van der Waals surface area (Å²) in [6.07, 6.45) is 1.91. The van der Waals surface area contributed by atoms with Crippen LogP contribution in [0.25, 0.3) is 10.8 Å². The molecule has 0 fully saturated rings. The quantitative estimate of drug-likeness (QED) is 0.729. The lowest BCUT2D eigenvalue weighted by Crippen LogP contribution is -2.13. The maximum Gasteiger partial charge on any atom is 0.131 e. The summed E-state index contributed by atoms with van der Waals surface area (Å²) in [7, 11) is 0. The number of nitrogens with zero attached hydrogens (tertiary/aromatic N) is 1. The molecule has 0 aliphatic heterocycles. The van der Waals surface area contributed by atoms with Crippen molar-refractivity contribution in [3.8, 4) is 0 Å². The third kappa shape index (κ3) is 1.64. The van der Waals surface area contributed by atoms with Crippen LogP contribution in [0, 0.1) is 6.92 Å². The number of hydrogen-bond donors (Lipinski definition) is 1. The highest BCUT2D eigenvalue weighted by molar-refractivity contribution is 5.95. The van der Waals surface area contributed by atoms with Crippen LogP contribution in [0.4, 0.5) is 5.82 Å². The van der Waals surface area contributed by atoms with E-state index in [1.54, 1.807) is 0 Å². The molecular formula is C14H18N2. The van der Waals surface area contributed by atoms with Crippen molar-refractivity contribution in [2.45, 2.75) is 33.1 Å². The molecule has 0 radical (unpaired) electrons. The van der Waals surface area contributed by atoms with E-state index in [-0.39, 0.29) is 5.41 Å². The molecule has 0 aliphatic carbocycles. The molecule has 0 bridgehead atoms. The van der Waals surface area contributed by atoms with Gasteiger partial charge in [-0.15, -0.1) is 0 Å². The molecular weight excluding hydrogens is 196 g/mol. The van der Waals surface area contributed by atoms with Crippen LogP contribution in [0.15, 0.2) is 24.4 Å². The maximum absolute atomic E-state index is 5.93. The molecule has 0 unspecified atom stereocenters. The van der Waals surface area contributed by atoms with Crippen molar-refractivity contribution in [1.82, 2.24) is 4.98 Å². The number of fused-ring (bicyclic) bond motifs is 1. The molecule has 1 aromatic carbocycles. The average Bonchev–Trinajstić information content (AvgIpc) is 2.18. The minimum atomic E-state index is 0.0884. The lowest BCUT2D eigenvalue weighted by molar-refractivity contribution is 0.593. The summed E-state index contributed by atoms with van der Waals surface area (Å²) in [5.74, 6) is 0.617. The van der Waals surface area contributed by atoms with Crippen molar-refractivity contribution in [2.75, 3.05) is 5.73 Å². The van der Waals surface area contributed by atoms with Crippen LogP contribution >= 0.6 is 0 Å². The fraction of sp³-hybridized carbons (Fsp3) is 0.357. The number of nitrogens with two attached hydrogens (primary N) is 1. The van der Waals surface area contributed by atoms with Gasteiger partial charge in [-0.1, -0.05) is 39.0 Å². The lowest BCUT2D eigenvalue weighted by Gasteiger charge is -2.22. The largest absolute Gasteiger partial charge is 0.383 e. The third-order valence-electron chi connectivity index (χ3n) is 2.96. The topological polar surface area (TPSA) is 38.9 Å². The molecule has 0 spiro atoms. The first-order valence-corrected chi connectivity index (χ1v) is 5.55. The van der Waals surface area contributed by atoms with Gasteiger partial charge in [-0.05, 0) is 28.9 Å². The van der Waals surface area contributed by atoms with Gasteiger partial charge < -0.3 is 5.73 Å². The number of nitrogen functional groups attached to an aromatic ring is 1. The Hall–Kier alpha value is -1.57. The Bertz CT molecular complexity index is 536. The van der Waals surface area contributed by atoms with E-state index in [2.05, 4.69) is 38.7 Å². The Morgan fingerprint density at radius 3 is 2.50 bits per heavy atom. The molecule has 2 nitrogen and oxygen atoms in total. The molecule has 2 heteroatoms. The summed E-state index contributed by atoms with van der Waals surface area (Å²) >= 11 is 0. The van der Waals surface area contributed by atoms with Gasteiger partial charge in [-0.25, -0.2) is 4.98 Å². The Morgan fingerprint density at radius 1 is 1.19 bits per heavy atom. The van der Waals surface area contributed by atoms with E-state index in [0.717, 1.165) is 5.39 Å². The first kappa shape index (κ1) is 10.9. The molecule has 0 amide bonds. The molecule has 2 N–H and O–H groups in total. The number of benzene rings is 1. The van der Waals surface area contributed by atoms with Crippen molar-refractivity contribution in [1.29, 1.82) is 0 Å². The zero-order chi connectivity index (χ0) is 11.9. The summed E-state index contributed by atoms with van der Waals surface area (Å²) < 4.78 is 0. The van der Waals surface area contributed by atoms with Gasteiger partial charge in [0.1, 0.15) is 5.82 Å². The lowest BCUT2D eigenvalue weighted by atomic mass is 9.84. The van der Waals surface area contributed by atoms with E-state index in [9.17, 15) is 0 Å². The second kappa shape index (κ2) is 3.48. The number of aryl methyl sites for hydroxylation is 1. The standard InChI is InChI=1S/C14H18N2/c1-9-6-5-7-10-12(9)11(14(2,3)4)8-16-13(10)15/h5-8H,1-4H3,(H2,15,16). The highest BCUT2D eigenvalue weighted by atomic mass is 14.8. The summed E-state index contributed by atoms with van der Waals surface area (Å²) in [4.78, 5) is 4.29. The average molecular weight is 214 g/mol. The summed E-state index contributed by atoms with van der Waals surface area (Å²) in [5.41, 5.74) is 8.53. The molecule has 0 saturated carbocycles. The Balaban J connectivity index is 2.92. The van der Waals surface area contributed by atoms with Gasteiger partial charge in [-0.2, -0.15) is 0 Å². The summed E-state index contributed by atoms with van der Waals surface area (Å²) in [6.45, 7) is 8.72. The van der Waals surface area contributed by atoms with Crippen LogP contribution in [0.2, 0.25) is 0 Å². The third-order valence-corrected chi connectivity index (χ3v) is 2.96. The Labute approximate surface area is 96.5 Å². The van der Waals surface area contributed by atoms with Gasteiger partial charge in [-0.3, -0.25) is 0 Å². The second-order valence-electron chi connectivity index (χ2n) is 5.30. The van der Waals surface area contributed by atoms with E-state index in [1.807, 2.05) is 18.3 Å². The predicted molar refractivity (Wildman–Crippen MR) is 69.6 cm³/mol. The van der Waals surface area contributed by atoms with E-state index in [1.165, 1.54) is 16.5 Å². The molecule has 2 aromatic rings. The molecule has 0 aliphatic rings. The summed E-state index contributed by atoms with van der Waals surface area (Å²) in [6, 6.07) is 6.19. The van der Waals surface area contributed by atoms with Gasteiger partial charge in [0.15, 0.2) is 0 Å². The van der Waals surface area contributed by atoms with Crippen molar-refractivity contribution in [2.24, 2.45) is 0 Å². The zero-order valence-electron chi connectivity index (χ0n) is 10.3. The van der Waals surface area contributed by atoms with Gasteiger partial charge in [0.2, 0.25) is 0 Å². The maximum atomic E-state index is 5.93. The van der Waals surface area contributed by atoms with Gasteiger partial charge in [0.05, 0.1) is 0 Å². The van der Waals surface area contributed by atoms with Crippen LogP contribution in [-0.4, -0.2) is 4.98 Å². The monoisotopic (exact) mass is 214 g/mol. The number of anilines is 1. The van der Waals surface area contributed by atoms with Crippen molar-refractivity contribution < 1.29 is 0 Å². The molecule has 84 valence electrons. The van der Waals surface area contributed by atoms with E-state index in [0.29, 0.717) is 5.82 Å². The molecule has 0 atom stereocenters. The zero-order valence-corrected chi connectivity index (χ0v) is 10.3. The van der Waals surface area contributed by atoms with E-state index < -0.39 is 0 Å². The highest BCUT2D eigenvalue weighted by Gasteiger charge is 2.19. The number of hydrogen-bond acceptors (Lipinski definition) is 2. The van der Waals surface area contributed by atoms with Crippen molar-refractivity contribution in [3.05, 3.63) is 35.5 Å². The van der Waals surface area contributed by atoms with Crippen LogP contribution in [0.1, 0.15) is 31.9 Å². The molecule has 0 saturated heterocycles. The predicted octanol–water partition coefficient (Wildman–Crippen LogP) is 3.42. The highest BCUT2D eigenvalue weighted by Crippen LogP contribution is 2.33. The number of pyridine rings is 1. The summed E-state index contributed by atoms with van der Waals surface area (Å²) in [5, 5.41) is 2.31. The minimum Gasteiger partial charge on any atom is -0.383 e. The molecule has 1 heterocycles.